The van der Waals surface area contributed by atoms with Gasteiger partial charge in [-0.05, 0) is 44.0 Å². The van der Waals surface area contributed by atoms with Crippen LogP contribution >= 0.6 is 11.6 Å². The highest BCUT2D eigenvalue weighted by Crippen LogP contribution is 2.19. The van der Waals surface area contributed by atoms with Crippen LogP contribution in [-0.2, 0) is 13.1 Å². The third-order valence-electron chi connectivity index (χ3n) is 4.27. The number of halogens is 1. The maximum absolute atomic E-state index is 12.4. The van der Waals surface area contributed by atoms with Gasteiger partial charge in [-0.2, -0.15) is 0 Å². The predicted octanol–water partition coefficient (Wildman–Crippen LogP) is 4.52. The first-order valence-corrected chi connectivity index (χ1v) is 8.86. The summed E-state index contributed by atoms with van der Waals surface area (Å²) < 4.78 is 2.15. The third-order valence-corrected chi connectivity index (χ3v) is 4.63. The van der Waals surface area contributed by atoms with Gasteiger partial charge in [0.2, 0.25) is 0 Å². The molecule has 130 valence electrons. The van der Waals surface area contributed by atoms with Gasteiger partial charge in [0, 0.05) is 36.0 Å². The van der Waals surface area contributed by atoms with Crippen molar-refractivity contribution in [2.45, 2.75) is 46.3 Å². The molecule has 24 heavy (non-hydrogen) atoms. The quantitative estimate of drug-likeness (QED) is 0.785. The lowest BCUT2D eigenvalue weighted by Gasteiger charge is -2.29. The maximum atomic E-state index is 12.4. The van der Waals surface area contributed by atoms with E-state index in [9.17, 15) is 4.79 Å². The van der Waals surface area contributed by atoms with E-state index in [0.29, 0.717) is 19.6 Å². The largest absolute Gasteiger partial charge is 0.345 e. The standard InChI is InChI=1S/C19H26ClN3O/c1-4-15(3)23(19(24)21-5-2)14-17-10-8-12-22(17)13-16-9-6-7-11-18(16)20/h6-12,15H,4-5,13-14H2,1-3H3,(H,21,24)/t15-/m1/s1. The summed E-state index contributed by atoms with van der Waals surface area (Å²) in [5.74, 6) is 0. The van der Waals surface area contributed by atoms with Crippen LogP contribution in [0.15, 0.2) is 42.6 Å². The van der Waals surface area contributed by atoms with Gasteiger partial charge in [-0.15, -0.1) is 0 Å². The topological polar surface area (TPSA) is 37.3 Å². The van der Waals surface area contributed by atoms with Gasteiger partial charge in [-0.3, -0.25) is 0 Å². The molecular weight excluding hydrogens is 322 g/mol. The first-order chi connectivity index (χ1) is 11.6. The number of rotatable bonds is 7. The Kier molecular flexibility index (Phi) is 6.73. The van der Waals surface area contributed by atoms with Crippen LogP contribution in [0.25, 0.3) is 0 Å². The number of nitrogens with one attached hydrogen (secondary N) is 1. The Balaban J connectivity index is 2.18. The molecule has 0 bridgehead atoms. The van der Waals surface area contributed by atoms with Crippen LogP contribution in [0.3, 0.4) is 0 Å². The second kappa shape index (κ2) is 8.78. The fraction of sp³-hybridized carbons (Fsp3) is 0.421. The Morgan fingerprint density at radius 1 is 1.25 bits per heavy atom. The van der Waals surface area contributed by atoms with Crippen LogP contribution in [0, 0.1) is 0 Å². The van der Waals surface area contributed by atoms with E-state index in [1.165, 1.54) is 0 Å². The predicted molar refractivity (Wildman–Crippen MR) is 99.4 cm³/mol. The Morgan fingerprint density at radius 2 is 2.00 bits per heavy atom. The molecule has 0 fully saturated rings. The molecule has 0 saturated heterocycles. The number of urea groups is 1. The summed E-state index contributed by atoms with van der Waals surface area (Å²) >= 11 is 6.28. The summed E-state index contributed by atoms with van der Waals surface area (Å²) in [5, 5.41) is 3.67. The van der Waals surface area contributed by atoms with Gasteiger partial charge < -0.3 is 14.8 Å². The fourth-order valence-corrected chi connectivity index (χ4v) is 2.83. The average molecular weight is 348 g/mol. The summed E-state index contributed by atoms with van der Waals surface area (Å²) in [5.41, 5.74) is 2.17. The molecule has 1 heterocycles. The minimum Gasteiger partial charge on any atom is -0.345 e. The van der Waals surface area contributed by atoms with Crippen LogP contribution in [0.4, 0.5) is 4.79 Å². The molecule has 1 aromatic carbocycles. The molecular formula is C19H26ClN3O. The summed E-state index contributed by atoms with van der Waals surface area (Å²) in [6.45, 7) is 8.03. The van der Waals surface area contributed by atoms with Crippen molar-refractivity contribution in [1.82, 2.24) is 14.8 Å². The molecule has 0 spiro atoms. The van der Waals surface area contributed by atoms with Crippen molar-refractivity contribution in [3.8, 4) is 0 Å². The minimum absolute atomic E-state index is 0.0163. The number of hydrogen-bond donors (Lipinski definition) is 1. The van der Waals surface area contributed by atoms with Crippen molar-refractivity contribution in [2.75, 3.05) is 6.54 Å². The zero-order valence-corrected chi connectivity index (χ0v) is 15.4. The second-order valence-corrected chi connectivity index (χ2v) is 6.35. The molecule has 2 rings (SSSR count). The van der Waals surface area contributed by atoms with Crippen molar-refractivity contribution in [3.05, 3.63) is 58.9 Å². The van der Waals surface area contributed by atoms with Gasteiger partial charge in [0.15, 0.2) is 0 Å². The van der Waals surface area contributed by atoms with Crippen LogP contribution in [0.1, 0.15) is 38.4 Å². The lowest BCUT2D eigenvalue weighted by Crippen LogP contribution is -2.44. The number of nitrogens with zero attached hydrogens (tertiary/aromatic N) is 2. The zero-order chi connectivity index (χ0) is 17.5. The number of amides is 2. The fourth-order valence-electron chi connectivity index (χ4n) is 2.63. The second-order valence-electron chi connectivity index (χ2n) is 5.94. The van der Waals surface area contributed by atoms with Gasteiger partial charge >= 0.3 is 6.03 Å². The van der Waals surface area contributed by atoms with Gasteiger partial charge in [0.05, 0.1) is 6.54 Å². The van der Waals surface area contributed by atoms with Crippen molar-refractivity contribution in [1.29, 1.82) is 0 Å². The molecule has 0 aliphatic carbocycles. The first kappa shape index (κ1) is 18.4. The highest BCUT2D eigenvalue weighted by molar-refractivity contribution is 6.31. The number of carbonyl (C=O) groups excluding carboxylic acids is 1. The molecule has 4 nitrogen and oxygen atoms in total. The number of aromatic nitrogens is 1. The summed E-state index contributed by atoms with van der Waals surface area (Å²) in [4.78, 5) is 14.3. The van der Waals surface area contributed by atoms with Crippen LogP contribution in [0.2, 0.25) is 5.02 Å². The number of hydrogen-bond acceptors (Lipinski definition) is 1. The summed E-state index contributed by atoms with van der Waals surface area (Å²) in [6, 6.07) is 12.1. The van der Waals surface area contributed by atoms with E-state index in [1.54, 1.807) is 0 Å². The number of benzene rings is 1. The van der Waals surface area contributed by atoms with Crippen LogP contribution in [-0.4, -0.2) is 28.1 Å². The van der Waals surface area contributed by atoms with E-state index in [-0.39, 0.29) is 12.1 Å². The van der Waals surface area contributed by atoms with E-state index < -0.39 is 0 Å². The molecule has 2 aromatic rings. The Morgan fingerprint density at radius 3 is 2.67 bits per heavy atom. The van der Waals surface area contributed by atoms with E-state index in [0.717, 1.165) is 22.7 Å². The number of carbonyl (C=O) groups is 1. The Labute approximate surface area is 149 Å². The maximum Gasteiger partial charge on any atom is 0.317 e. The molecule has 2 amide bonds. The van der Waals surface area contributed by atoms with E-state index >= 15 is 0 Å². The van der Waals surface area contributed by atoms with Crippen molar-refractivity contribution >= 4 is 17.6 Å². The molecule has 0 saturated carbocycles. The van der Waals surface area contributed by atoms with Crippen LogP contribution in [0.5, 0.6) is 0 Å². The molecule has 0 radical (unpaired) electrons. The van der Waals surface area contributed by atoms with Crippen LogP contribution < -0.4 is 5.32 Å². The lowest BCUT2D eigenvalue weighted by atomic mass is 10.2. The lowest BCUT2D eigenvalue weighted by molar-refractivity contribution is 0.172. The van der Waals surface area contributed by atoms with Crippen molar-refractivity contribution in [3.63, 3.8) is 0 Å². The van der Waals surface area contributed by atoms with Gasteiger partial charge in [0.25, 0.3) is 0 Å². The summed E-state index contributed by atoms with van der Waals surface area (Å²) in [7, 11) is 0. The van der Waals surface area contributed by atoms with Crippen molar-refractivity contribution in [2.24, 2.45) is 0 Å². The molecule has 1 N–H and O–H groups in total. The summed E-state index contributed by atoms with van der Waals surface area (Å²) in [6.07, 6.45) is 2.95. The molecule has 0 aliphatic heterocycles. The molecule has 1 atom stereocenters. The Bertz CT molecular complexity index is 668. The van der Waals surface area contributed by atoms with E-state index in [1.807, 2.05) is 48.4 Å². The van der Waals surface area contributed by atoms with E-state index in [4.69, 9.17) is 11.6 Å². The smallest absolute Gasteiger partial charge is 0.317 e. The molecule has 0 unspecified atom stereocenters. The Hall–Kier alpha value is -1.94. The van der Waals surface area contributed by atoms with Gasteiger partial charge in [-0.1, -0.05) is 36.7 Å². The average Bonchev–Trinajstić information content (AvgIpc) is 3.01. The van der Waals surface area contributed by atoms with Gasteiger partial charge in [-0.25, -0.2) is 4.79 Å². The third kappa shape index (κ3) is 4.54. The highest BCUT2D eigenvalue weighted by atomic mass is 35.5. The normalized spacial score (nSPS) is 12.0. The minimum atomic E-state index is -0.0163. The first-order valence-electron chi connectivity index (χ1n) is 8.48. The van der Waals surface area contributed by atoms with Gasteiger partial charge in [0.1, 0.15) is 0 Å². The zero-order valence-electron chi connectivity index (χ0n) is 14.6. The van der Waals surface area contributed by atoms with Crippen molar-refractivity contribution < 1.29 is 4.79 Å². The van der Waals surface area contributed by atoms with E-state index in [2.05, 4.69) is 29.8 Å². The molecule has 1 aromatic heterocycles. The monoisotopic (exact) mass is 347 g/mol. The highest BCUT2D eigenvalue weighted by Gasteiger charge is 2.20. The molecule has 5 heteroatoms. The SMILES string of the molecule is CCNC(=O)N(Cc1cccn1Cc1ccccc1Cl)[C@H](C)CC. The molecule has 0 aliphatic rings.